The molecule has 2 aliphatic heterocycles. The van der Waals surface area contributed by atoms with E-state index in [9.17, 15) is 10.2 Å². The summed E-state index contributed by atoms with van der Waals surface area (Å²) in [6.45, 7) is 3.97. The van der Waals surface area contributed by atoms with Gasteiger partial charge < -0.3 is 45.1 Å². The van der Waals surface area contributed by atoms with Gasteiger partial charge in [-0.2, -0.15) is 0 Å². The molecule has 10 nitrogen and oxygen atoms in total. The predicted octanol–water partition coefficient (Wildman–Crippen LogP) is 4.19. The number of nitrogens with two attached hydrogens (primary N) is 1. The molecular formula is C31H31ClN5O5-. The van der Waals surface area contributed by atoms with E-state index >= 15 is 0 Å². The minimum atomic E-state index is -0.862. The van der Waals surface area contributed by atoms with Crippen LogP contribution in [0.4, 0.5) is 5.69 Å². The van der Waals surface area contributed by atoms with Crippen molar-refractivity contribution in [3.63, 3.8) is 0 Å². The lowest BCUT2D eigenvalue weighted by Crippen LogP contribution is -2.34. The maximum absolute atomic E-state index is 10.0. The number of pyridine rings is 1. The molecule has 2 fully saturated rings. The second kappa shape index (κ2) is 11.5. The summed E-state index contributed by atoms with van der Waals surface area (Å²) < 4.78 is 17.2. The molecule has 0 aliphatic carbocycles. The monoisotopic (exact) mass is 588 g/mol. The molecule has 0 saturated carbocycles. The molecular weight excluding hydrogens is 558 g/mol. The molecule has 2 aromatic heterocycles. The van der Waals surface area contributed by atoms with Gasteiger partial charge in [0.15, 0.2) is 12.1 Å². The van der Waals surface area contributed by atoms with Crippen molar-refractivity contribution in [3.8, 4) is 28.4 Å². The molecule has 4 N–H and O–H groups in total. The first-order valence-corrected chi connectivity index (χ1v) is 14.0. The minimum Gasteiger partial charge on any atom is -0.479 e. The molecule has 42 heavy (non-hydrogen) atoms. The summed E-state index contributed by atoms with van der Waals surface area (Å²) in [5.74, 6) is 0. The van der Waals surface area contributed by atoms with Crippen LogP contribution in [0.5, 0.6) is 6.01 Å². The van der Waals surface area contributed by atoms with Gasteiger partial charge in [-0.05, 0) is 60.5 Å². The lowest BCUT2D eigenvalue weighted by atomic mass is 10.00. The largest absolute Gasteiger partial charge is 0.479 e. The Labute approximate surface area is 247 Å². The number of imidazole rings is 1. The highest BCUT2D eigenvalue weighted by atomic mass is 35.5. The fourth-order valence-electron chi connectivity index (χ4n) is 5.15. The maximum Gasteiger partial charge on any atom is 0.168 e. The van der Waals surface area contributed by atoms with Crippen molar-refractivity contribution in [1.82, 2.24) is 15.0 Å². The molecule has 11 heteroatoms. The van der Waals surface area contributed by atoms with Crippen LogP contribution in [-0.2, 0) is 9.47 Å². The molecule has 2 aromatic carbocycles. The van der Waals surface area contributed by atoms with Gasteiger partial charge in [-0.3, -0.25) is 4.99 Å². The van der Waals surface area contributed by atoms with Crippen LogP contribution < -0.4 is 15.5 Å². The van der Waals surface area contributed by atoms with Crippen molar-refractivity contribution in [2.75, 3.05) is 13.2 Å². The van der Waals surface area contributed by atoms with Crippen LogP contribution in [0.15, 0.2) is 71.4 Å². The van der Waals surface area contributed by atoms with Crippen molar-refractivity contribution >= 4 is 34.7 Å². The molecule has 0 amide bonds. The number of aliphatic hydroxyl groups is 2. The molecule has 0 radical (unpaired) electrons. The number of halogens is 1. The number of hydrogen-bond donors (Lipinski definition) is 3. The van der Waals surface area contributed by atoms with Crippen molar-refractivity contribution < 1.29 is 24.4 Å². The SMILES string of the molecule is CC(C)(O)C/C(C=Nc1ccc(-c2ccc(-c3nc4[n-]c(O[C@@H]5CO[C@H]6[C@@H]5OC[C@H]6O)nc4cc3Cl)cc2)cc1)=C/N. The summed E-state index contributed by atoms with van der Waals surface area (Å²) in [6.07, 6.45) is 1.72. The van der Waals surface area contributed by atoms with E-state index in [1.54, 1.807) is 26.1 Å². The zero-order valence-electron chi connectivity index (χ0n) is 23.1. The van der Waals surface area contributed by atoms with Crippen molar-refractivity contribution in [2.45, 2.75) is 50.3 Å². The molecule has 218 valence electrons. The van der Waals surface area contributed by atoms with Crippen LogP contribution in [0.25, 0.3) is 33.5 Å². The predicted molar refractivity (Wildman–Crippen MR) is 160 cm³/mol. The molecule has 4 heterocycles. The zero-order valence-corrected chi connectivity index (χ0v) is 23.9. The Bertz CT molecular complexity index is 1630. The molecule has 6 rings (SSSR count). The zero-order chi connectivity index (χ0) is 29.4. The Balaban J connectivity index is 1.15. The minimum absolute atomic E-state index is 0.167. The van der Waals surface area contributed by atoms with Gasteiger partial charge in [0.05, 0.1) is 29.5 Å². The van der Waals surface area contributed by atoms with Crippen LogP contribution >= 0.6 is 11.6 Å². The Morgan fingerprint density at radius 1 is 1.07 bits per heavy atom. The third kappa shape index (κ3) is 6.04. The first kappa shape index (κ1) is 28.3. The fourth-order valence-corrected chi connectivity index (χ4v) is 5.41. The first-order chi connectivity index (χ1) is 20.2. The summed E-state index contributed by atoms with van der Waals surface area (Å²) in [4.78, 5) is 18.0. The molecule has 2 saturated heterocycles. The summed E-state index contributed by atoms with van der Waals surface area (Å²) >= 11 is 6.60. The standard InChI is InChI=1S/C31H31ClN5O5/c1-31(2,39)12-17(13-33)14-34-21-9-7-19(8-10-21)18-3-5-20(6-4-18)26-22(32)11-23-29(36-26)37-30(35-23)42-25-16-41-27-24(38)15-40-28(25)27/h3-11,13-14,24-25,27-28,38-39H,12,15-16,33H2,1-2H3/q-1/b17-13-,34-14?/t24-,25-,27-,28-/m1/s1. The lowest BCUT2D eigenvalue weighted by molar-refractivity contribution is 0.00696. The van der Waals surface area contributed by atoms with Crippen LogP contribution in [-0.4, -0.2) is 69.6 Å². The van der Waals surface area contributed by atoms with E-state index in [-0.39, 0.29) is 25.3 Å². The van der Waals surface area contributed by atoms with E-state index in [0.717, 1.165) is 28.0 Å². The third-order valence-electron chi connectivity index (χ3n) is 7.18. The second-order valence-electron chi connectivity index (χ2n) is 11.1. The van der Waals surface area contributed by atoms with E-state index in [1.807, 2.05) is 48.5 Å². The normalized spacial score (nSPS) is 22.7. The van der Waals surface area contributed by atoms with Crippen molar-refractivity contribution in [3.05, 3.63) is 71.4 Å². The first-order valence-electron chi connectivity index (χ1n) is 13.6. The van der Waals surface area contributed by atoms with E-state index in [1.165, 1.54) is 6.20 Å². The molecule has 2 aliphatic rings. The van der Waals surface area contributed by atoms with E-state index in [2.05, 4.69) is 19.9 Å². The summed E-state index contributed by atoms with van der Waals surface area (Å²) in [5, 5.41) is 20.4. The number of hydrogen-bond acceptors (Lipinski definition) is 9. The average molecular weight is 589 g/mol. The number of fused-ring (bicyclic) bond motifs is 2. The average Bonchev–Trinajstić information content (AvgIpc) is 3.66. The molecule has 0 bridgehead atoms. The number of ether oxygens (including phenoxy) is 3. The van der Waals surface area contributed by atoms with E-state index in [0.29, 0.717) is 28.3 Å². The topological polar surface area (TPSA) is 146 Å². The number of rotatable bonds is 8. The molecule has 0 unspecified atom stereocenters. The van der Waals surface area contributed by atoms with Gasteiger partial charge in [-0.15, -0.1) is 0 Å². The van der Waals surface area contributed by atoms with Crippen LogP contribution in [0, 0.1) is 0 Å². The Morgan fingerprint density at radius 2 is 1.74 bits per heavy atom. The number of aliphatic hydroxyl groups excluding tert-OH is 1. The van der Waals surface area contributed by atoms with Crippen LogP contribution in [0.2, 0.25) is 5.02 Å². The third-order valence-corrected chi connectivity index (χ3v) is 7.47. The highest BCUT2D eigenvalue weighted by Crippen LogP contribution is 2.33. The van der Waals surface area contributed by atoms with Crippen LogP contribution in [0.1, 0.15) is 20.3 Å². The van der Waals surface area contributed by atoms with Crippen molar-refractivity contribution in [2.24, 2.45) is 10.7 Å². The summed E-state index contributed by atoms with van der Waals surface area (Å²) in [7, 11) is 0. The quantitative estimate of drug-likeness (QED) is 0.258. The highest BCUT2D eigenvalue weighted by molar-refractivity contribution is 6.33. The Hall–Kier alpha value is -3.80. The van der Waals surface area contributed by atoms with Crippen molar-refractivity contribution in [1.29, 1.82) is 0 Å². The van der Waals surface area contributed by atoms with Gasteiger partial charge in [0.2, 0.25) is 0 Å². The molecule has 4 atom stereocenters. The Morgan fingerprint density at radius 3 is 2.43 bits per heavy atom. The molecule has 0 spiro atoms. The van der Waals surface area contributed by atoms with Gasteiger partial charge >= 0.3 is 0 Å². The maximum atomic E-state index is 10.0. The second-order valence-corrected chi connectivity index (χ2v) is 11.5. The van der Waals surface area contributed by atoms with E-state index < -0.39 is 23.9 Å². The summed E-state index contributed by atoms with van der Waals surface area (Å²) in [5.41, 5.74) is 10.8. The van der Waals surface area contributed by atoms with E-state index in [4.69, 9.17) is 31.5 Å². The van der Waals surface area contributed by atoms with Crippen LogP contribution in [0.3, 0.4) is 0 Å². The fraction of sp³-hybridized carbons (Fsp3) is 0.323. The Kier molecular flexibility index (Phi) is 7.73. The smallest absolute Gasteiger partial charge is 0.168 e. The summed E-state index contributed by atoms with van der Waals surface area (Å²) in [6, 6.07) is 17.7. The lowest BCUT2D eigenvalue weighted by Gasteiger charge is -2.17. The number of aliphatic imine (C=N–C) groups is 1. The number of nitrogens with zero attached hydrogens (tertiary/aromatic N) is 4. The molecule has 4 aromatic rings. The van der Waals surface area contributed by atoms with Gasteiger partial charge in [-0.25, -0.2) is 0 Å². The van der Waals surface area contributed by atoms with Gasteiger partial charge in [0.25, 0.3) is 0 Å². The van der Waals surface area contributed by atoms with Gasteiger partial charge in [0.1, 0.15) is 18.3 Å². The van der Waals surface area contributed by atoms with Gasteiger partial charge in [0, 0.05) is 29.5 Å². The van der Waals surface area contributed by atoms with Gasteiger partial charge in [-0.1, -0.05) is 48.0 Å². The number of aromatic nitrogens is 3. The number of benzene rings is 2. The highest BCUT2D eigenvalue weighted by Gasteiger charge is 2.48.